The Kier molecular flexibility index (Phi) is 4.71. The average molecular weight is 355 g/mol. The van der Waals surface area contributed by atoms with Gasteiger partial charge in [-0.2, -0.15) is 0 Å². The molecule has 0 bridgehead atoms. The summed E-state index contributed by atoms with van der Waals surface area (Å²) >= 11 is 0. The van der Waals surface area contributed by atoms with Crippen LogP contribution in [0.5, 0.6) is 5.75 Å². The zero-order valence-electron chi connectivity index (χ0n) is 15.4. The third-order valence-electron chi connectivity index (χ3n) is 4.32. The van der Waals surface area contributed by atoms with E-state index in [1.165, 1.54) is 0 Å². The smallest absolute Gasteiger partial charge is 0.161 e. The molecule has 27 heavy (non-hydrogen) atoms. The maximum atomic E-state index is 5.85. The zero-order valence-corrected chi connectivity index (χ0v) is 15.4. The Balaban J connectivity index is 1.51. The minimum atomic E-state index is 0.562. The standard InChI is InChI=1S/C23H21N3O/c1-16-8-13-21-22(14-17(2)25-23(21)24-16)26-19-9-11-20(12-10-19)27-15-18-6-4-3-5-7-18/h3-14H,15H2,1-2H3,(H,24,25,26). The van der Waals surface area contributed by atoms with E-state index in [-0.39, 0.29) is 0 Å². The summed E-state index contributed by atoms with van der Waals surface area (Å²) in [5, 5.41) is 4.48. The van der Waals surface area contributed by atoms with Gasteiger partial charge >= 0.3 is 0 Å². The predicted molar refractivity (Wildman–Crippen MR) is 110 cm³/mol. The molecule has 0 radical (unpaired) electrons. The van der Waals surface area contributed by atoms with Crippen molar-refractivity contribution in [2.45, 2.75) is 20.5 Å². The van der Waals surface area contributed by atoms with E-state index in [0.29, 0.717) is 6.61 Å². The molecular formula is C23H21N3O. The maximum Gasteiger partial charge on any atom is 0.161 e. The van der Waals surface area contributed by atoms with Crippen LogP contribution >= 0.6 is 0 Å². The SMILES string of the molecule is Cc1ccc2c(Nc3ccc(OCc4ccccc4)cc3)cc(C)nc2n1. The summed E-state index contributed by atoms with van der Waals surface area (Å²) in [6.07, 6.45) is 0. The monoisotopic (exact) mass is 355 g/mol. The van der Waals surface area contributed by atoms with Crippen molar-refractivity contribution in [1.82, 2.24) is 9.97 Å². The van der Waals surface area contributed by atoms with Gasteiger partial charge in [0.1, 0.15) is 12.4 Å². The fraction of sp³-hybridized carbons (Fsp3) is 0.130. The molecule has 4 nitrogen and oxygen atoms in total. The number of rotatable bonds is 5. The Bertz CT molecular complexity index is 1050. The van der Waals surface area contributed by atoms with Gasteiger partial charge in [0.25, 0.3) is 0 Å². The van der Waals surface area contributed by atoms with Crippen molar-refractivity contribution in [3.05, 3.63) is 89.7 Å². The van der Waals surface area contributed by atoms with E-state index >= 15 is 0 Å². The average Bonchev–Trinajstić information content (AvgIpc) is 2.68. The van der Waals surface area contributed by atoms with E-state index in [1.807, 2.05) is 68.4 Å². The van der Waals surface area contributed by atoms with Gasteiger partial charge in [-0.25, -0.2) is 9.97 Å². The van der Waals surface area contributed by atoms with Crippen LogP contribution in [0.4, 0.5) is 11.4 Å². The molecule has 4 aromatic rings. The Morgan fingerprint density at radius 2 is 1.56 bits per heavy atom. The second kappa shape index (κ2) is 7.46. The molecule has 0 saturated carbocycles. The summed E-state index contributed by atoms with van der Waals surface area (Å²) < 4.78 is 5.85. The van der Waals surface area contributed by atoms with Crippen LogP contribution in [0.3, 0.4) is 0 Å². The lowest BCUT2D eigenvalue weighted by Crippen LogP contribution is -1.98. The number of hydrogen-bond acceptors (Lipinski definition) is 4. The van der Waals surface area contributed by atoms with Crippen LogP contribution in [0.15, 0.2) is 72.8 Å². The van der Waals surface area contributed by atoms with Gasteiger partial charge in [-0.1, -0.05) is 30.3 Å². The number of aryl methyl sites for hydroxylation is 2. The highest BCUT2D eigenvalue weighted by molar-refractivity contribution is 5.91. The van der Waals surface area contributed by atoms with Gasteiger partial charge < -0.3 is 10.1 Å². The number of anilines is 2. The van der Waals surface area contributed by atoms with Crippen LogP contribution in [-0.4, -0.2) is 9.97 Å². The number of fused-ring (bicyclic) bond motifs is 1. The van der Waals surface area contributed by atoms with E-state index in [4.69, 9.17) is 4.74 Å². The van der Waals surface area contributed by atoms with Crippen molar-refractivity contribution < 1.29 is 4.74 Å². The predicted octanol–water partition coefficient (Wildman–Crippen LogP) is 5.57. The summed E-state index contributed by atoms with van der Waals surface area (Å²) in [6.45, 7) is 4.52. The van der Waals surface area contributed by atoms with Gasteiger partial charge in [0.15, 0.2) is 5.65 Å². The lowest BCUT2D eigenvalue weighted by molar-refractivity contribution is 0.306. The molecule has 2 aromatic carbocycles. The van der Waals surface area contributed by atoms with Gasteiger partial charge in [0, 0.05) is 22.5 Å². The molecule has 2 aromatic heterocycles. The van der Waals surface area contributed by atoms with Crippen molar-refractivity contribution in [3.8, 4) is 5.75 Å². The normalized spacial score (nSPS) is 10.7. The lowest BCUT2D eigenvalue weighted by Gasteiger charge is -2.12. The van der Waals surface area contributed by atoms with Crippen LogP contribution in [-0.2, 0) is 6.61 Å². The Labute approximate surface area is 158 Å². The van der Waals surface area contributed by atoms with E-state index in [1.54, 1.807) is 0 Å². The van der Waals surface area contributed by atoms with Crippen LogP contribution in [0.2, 0.25) is 0 Å². The van der Waals surface area contributed by atoms with E-state index in [9.17, 15) is 0 Å². The van der Waals surface area contributed by atoms with Gasteiger partial charge in [0.2, 0.25) is 0 Å². The minimum absolute atomic E-state index is 0.562. The van der Waals surface area contributed by atoms with Crippen LogP contribution in [0, 0.1) is 13.8 Å². The van der Waals surface area contributed by atoms with Crippen LogP contribution in [0.1, 0.15) is 17.0 Å². The van der Waals surface area contributed by atoms with E-state index in [0.717, 1.165) is 45.1 Å². The number of benzene rings is 2. The summed E-state index contributed by atoms with van der Waals surface area (Å²) in [6, 6.07) is 24.2. The number of nitrogens with one attached hydrogen (secondary N) is 1. The molecule has 0 aliphatic heterocycles. The highest BCUT2D eigenvalue weighted by Crippen LogP contribution is 2.27. The van der Waals surface area contributed by atoms with Gasteiger partial charge in [-0.05, 0) is 61.9 Å². The third-order valence-corrected chi connectivity index (χ3v) is 4.32. The minimum Gasteiger partial charge on any atom is -0.489 e. The molecule has 4 rings (SSSR count). The van der Waals surface area contributed by atoms with Crippen molar-refractivity contribution in [1.29, 1.82) is 0 Å². The first-order chi connectivity index (χ1) is 13.2. The van der Waals surface area contributed by atoms with E-state index in [2.05, 4.69) is 33.5 Å². The van der Waals surface area contributed by atoms with Crippen LogP contribution in [0.25, 0.3) is 11.0 Å². The first-order valence-corrected chi connectivity index (χ1v) is 8.96. The molecular weight excluding hydrogens is 334 g/mol. The summed E-state index contributed by atoms with van der Waals surface area (Å²) in [7, 11) is 0. The molecule has 1 N–H and O–H groups in total. The quantitative estimate of drug-likeness (QED) is 0.508. The first kappa shape index (κ1) is 17.0. The lowest BCUT2D eigenvalue weighted by atomic mass is 10.2. The Hall–Kier alpha value is -3.40. The molecule has 0 aliphatic carbocycles. The van der Waals surface area contributed by atoms with Crippen molar-refractivity contribution in [2.75, 3.05) is 5.32 Å². The second-order valence-electron chi connectivity index (χ2n) is 6.56. The van der Waals surface area contributed by atoms with Gasteiger partial charge in [-0.3, -0.25) is 0 Å². The molecule has 134 valence electrons. The molecule has 2 heterocycles. The number of aromatic nitrogens is 2. The molecule has 0 spiro atoms. The summed E-state index contributed by atoms with van der Waals surface area (Å²) in [5.41, 5.74) is 5.82. The van der Waals surface area contributed by atoms with Crippen LogP contribution < -0.4 is 10.1 Å². The molecule has 0 atom stereocenters. The highest BCUT2D eigenvalue weighted by Gasteiger charge is 2.06. The Morgan fingerprint density at radius 3 is 2.33 bits per heavy atom. The molecule has 0 saturated heterocycles. The van der Waals surface area contributed by atoms with Crippen molar-refractivity contribution >= 4 is 22.4 Å². The van der Waals surface area contributed by atoms with E-state index < -0.39 is 0 Å². The summed E-state index contributed by atoms with van der Waals surface area (Å²) in [4.78, 5) is 9.07. The summed E-state index contributed by atoms with van der Waals surface area (Å²) in [5.74, 6) is 0.845. The molecule has 4 heteroatoms. The van der Waals surface area contributed by atoms with Gasteiger partial charge in [-0.15, -0.1) is 0 Å². The van der Waals surface area contributed by atoms with Crippen molar-refractivity contribution in [2.24, 2.45) is 0 Å². The number of ether oxygens (including phenoxy) is 1. The number of nitrogens with zero attached hydrogens (tertiary/aromatic N) is 2. The highest BCUT2D eigenvalue weighted by atomic mass is 16.5. The molecule has 0 amide bonds. The largest absolute Gasteiger partial charge is 0.489 e. The Morgan fingerprint density at radius 1 is 0.815 bits per heavy atom. The molecule has 0 unspecified atom stereocenters. The second-order valence-corrected chi connectivity index (χ2v) is 6.56. The first-order valence-electron chi connectivity index (χ1n) is 8.96. The molecule has 0 fully saturated rings. The zero-order chi connectivity index (χ0) is 18.6. The fourth-order valence-electron chi connectivity index (χ4n) is 2.96. The maximum absolute atomic E-state index is 5.85. The number of pyridine rings is 2. The topological polar surface area (TPSA) is 47.0 Å². The fourth-order valence-corrected chi connectivity index (χ4v) is 2.96. The number of hydrogen-bond donors (Lipinski definition) is 1. The van der Waals surface area contributed by atoms with Crippen molar-refractivity contribution in [3.63, 3.8) is 0 Å². The van der Waals surface area contributed by atoms with Gasteiger partial charge in [0.05, 0.1) is 5.69 Å². The third kappa shape index (κ3) is 4.06. The molecule has 0 aliphatic rings.